The molecule has 3 heteroatoms. The Morgan fingerprint density at radius 2 is 0.964 bits per heavy atom. The van der Waals surface area contributed by atoms with Gasteiger partial charge in [-0.15, -0.1) is 0 Å². The number of para-hydroxylation sites is 4. The van der Waals surface area contributed by atoms with Crippen LogP contribution in [0.1, 0.15) is 0 Å². The van der Waals surface area contributed by atoms with E-state index in [0.717, 1.165) is 50.0 Å². The van der Waals surface area contributed by atoms with E-state index in [0.29, 0.717) is 0 Å². The minimum absolute atomic E-state index is 0.886. The fourth-order valence-corrected chi connectivity index (χ4v) is 9.00. The van der Waals surface area contributed by atoms with Crippen molar-refractivity contribution in [3.63, 3.8) is 0 Å². The molecule has 3 heterocycles. The van der Waals surface area contributed by atoms with Gasteiger partial charge in [-0.2, -0.15) is 0 Å². The van der Waals surface area contributed by atoms with Gasteiger partial charge in [-0.05, 0) is 94.2 Å². The van der Waals surface area contributed by atoms with Crippen LogP contribution in [0, 0.1) is 0 Å². The summed E-state index contributed by atoms with van der Waals surface area (Å²) in [6.45, 7) is 0. The predicted octanol–water partition coefficient (Wildman–Crippen LogP) is 14.3. The summed E-state index contributed by atoms with van der Waals surface area (Å²) in [6, 6.07) is 70.2. The molecule has 0 saturated carbocycles. The third-order valence-corrected chi connectivity index (χ3v) is 11.5. The van der Waals surface area contributed by atoms with Crippen LogP contribution < -0.4 is 0 Å². The summed E-state index contributed by atoms with van der Waals surface area (Å²) in [5, 5.41) is 9.61. The number of nitrogens with zero attached hydrogens (tertiary/aromatic N) is 2. The molecule has 0 aliphatic rings. The molecule has 9 aromatic carbocycles. The van der Waals surface area contributed by atoms with E-state index in [1.165, 1.54) is 60.0 Å². The lowest BCUT2D eigenvalue weighted by molar-refractivity contribution is 0.670. The lowest BCUT2D eigenvalue weighted by Gasteiger charge is -2.13. The molecule has 0 bridgehead atoms. The molecular formula is C52H32N2O. The minimum atomic E-state index is 0.886. The second kappa shape index (κ2) is 11.6. The van der Waals surface area contributed by atoms with E-state index >= 15 is 0 Å². The molecule has 3 nitrogen and oxygen atoms in total. The number of hydrogen-bond donors (Lipinski definition) is 0. The Morgan fingerprint density at radius 3 is 1.82 bits per heavy atom. The Labute approximate surface area is 316 Å². The van der Waals surface area contributed by atoms with E-state index in [9.17, 15) is 0 Å². The van der Waals surface area contributed by atoms with Crippen LogP contribution in [0.25, 0.3) is 110 Å². The van der Waals surface area contributed by atoms with Crippen molar-refractivity contribution in [3.8, 4) is 33.6 Å². The molecule has 0 saturated heterocycles. The van der Waals surface area contributed by atoms with Gasteiger partial charge in [-0.25, -0.2) is 0 Å². The summed E-state index contributed by atoms with van der Waals surface area (Å²) >= 11 is 0. The zero-order valence-electron chi connectivity index (χ0n) is 29.8. The van der Waals surface area contributed by atoms with Gasteiger partial charge in [-0.1, -0.05) is 127 Å². The van der Waals surface area contributed by atoms with Crippen molar-refractivity contribution in [1.29, 1.82) is 0 Å². The topological polar surface area (TPSA) is 23.0 Å². The Balaban J connectivity index is 1.10. The summed E-state index contributed by atoms with van der Waals surface area (Å²) in [5.74, 6) is 0. The fraction of sp³-hybridized carbons (Fsp3) is 0. The highest BCUT2D eigenvalue weighted by molar-refractivity contribution is 6.17. The summed E-state index contributed by atoms with van der Waals surface area (Å²) in [4.78, 5) is 0. The standard InChI is InChI=1S/C52H32N2O/c1-2-14-38(15-3-1)53-45-19-9-7-17-41(45)44-31-35(25-28-47(44)53)36-24-26-42-40-16-6-10-20-46(40)54(49(42)32-36)48-29-27-39(37-23-22-33-12-4-5-13-34(33)30-37)52-51(48)43-18-8-11-21-50(43)55-52/h1-32H. The van der Waals surface area contributed by atoms with Crippen molar-refractivity contribution in [2.24, 2.45) is 0 Å². The molecule has 0 aliphatic heterocycles. The molecule has 0 spiro atoms. The molecule has 256 valence electrons. The molecule has 0 unspecified atom stereocenters. The van der Waals surface area contributed by atoms with E-state index in [2.05, 4.69) is 203 Å². The average molecular weight is 701 g/mol. The lowest BCUT2D eigenvalue weighted by Crippen LogP contribution is -1.96. The number of furan rings is 1. The Morgan fingerprint density at radius 1 is 0.345 bits per heavy atom. The highest BCUT2D eigenvalue weighted by Crippen LogP contribution is 2.44. The van der Waals surface area contributed by atoms with E-state index < -0.39 is 0 Å². The normalized spacial score (nSPS) is 12.0. The second-order valence-corrected chi connectivity index (χ2v) is 14.5. The van der Waals surface area contributed by atoms with Crippen molar-refractivity contribution in [3.05, 3.63) is 194 Å². The number of aromatic nitrogens is 2. The summed E-state index contributed by atoms with van der Waals surface area (Å²) in [6.07, 6.45) is 0. The molecule has 0 amide bonds. The first-order valence-electron chi connectivity index (χ1n) is 18.8. The van der Waals surface area contributed by atoms with Crippen molar-refractivity contribution in [2.45, 2.75) is 0 Å². The highest BCUT2D eigenvalue weighted by Gasteiger charge is 2.21. The molecule has 0 atom stereocenters. The van der Waals surface area contributed by atoms with Crippen LogP contribution in [-0.4, -0.2) is 9.13 Å². The van der Waals surface area contributed by atoms with Gasteiger partial charge in [0.15, 0.2) is 0 Å². The Kier molecular flexibility index (Phi) is 6.34. The number of rotatable bonds is 4. The highest BCUT2D eigenvalue weighted by atomic mass is 16.3. The molecule has 12 aromatic rings. The van der Waals surface area contributed by atoms with Crippen molar-refractivity contribution in [1.82, 2.24) is 9.13 Å². The smallest absolute Gasteiger partial charge is 0.145 e. The first-order chi connectivity index (χ1) is 27.3. The first-order valence-corrected chi connectivity index (χ1v) is 18.8. The maximum absolute atomic E-state index is 6.80. The third kappa shape index (κ3) is 4.44. The Bertz CT molecular complexity index is 3490. The Hall–Kier alpha value is -7.36. The second-order valence-electron chi connectivity index (χ2n) is 14.5. The van der Waals surface area contributed by atoms with Gasteiger partial charge < -0.3 is 13.6 Å². The predicted molar refractivity (Wildman–Crippen MR) is 231 cm³/mol. The monoisotopic (exact) mass is 700 g/mol. The van der Waals surface area contributed by atoms with Gasteiger partial charge in [0.2, 0.25) is 0 Å². The fourth-order valence-electron chi connectivity index (χ4n) is 9.00. The van der Waals surface area contributed by atoms with Crippen molar-refractivity contribution < 1.29 is 4.42 Å². The van der Waals surface area contributed by atoms with Crippen LogP contribution in [-0.2, 0) is 0 Å². The first kappa shape index (κ1) is 30.1. The van der Waals surface area contributed by atoms with Crippen LogP contribution in [0.3, 0.4) is 0 Å². The van der Waals surface area contributed by atoms with Gasteiger partial charge >= 0.3 is 0 Å². The summed E-state index contributed by atoms with van der Waals surface area (Å²) in [5.41, 5.74) is 13.4. The molecule has 0 aliphatic carbocycles. The van der Waals surface area contributed by atoms with Gasteiger partial charge in [0, 0.05) is 38.2 Å². The lowest BCUT2D eigenvalue weighted by atomic mass is 9.98. The summed E-state index contributed by atoms with van der Waals surface area (Å²) < 4.78 is 11.6. The van der Waals surface area contributed by atoms with Gasteiger partial charge in [0.25, 0.3) is 0 Å². The van der Waals surface area contributed by atoms with Crippen LogP contribution in [0.5, 0.6) is 0 Å². The zero-order valence-corrected chi connectivity index (χ0v) is 29.8. The van der Waals surface area contributed by atoms with Crippen LogP contribution in [0.15, 0.2) is 199 Å². The largest absolute Gasteiger partial charge is 0.455 e. The van der Waals surface area contributed by atoms with Crippen LogP contribution in [0.4, 0.5) is 0 Å². The molecule has 0 radical (unpaired) electrons. The van der Waals surface area contributed by atoms with E-state index in [1.54, 1.807) is 0 Å². The number of benzene rings is 9. The number of hydrogen-bond acceptors (Lipinski definition) is 1. The third-order valence-electron chi connectivity index (χ3n) is 11.5. The van der Waals surface area contributed by atoms with Gasteiger partial charge in [0.05, 0.1) is 33.1 Å². The van der Waals surface area contributed by atoms with E-state index in [-0.39, 0.29) is 0 Å². The molecule has 0 fully saturated rings. The zero-order chi connectivity index (χ0) is 36.0. The molecule has 3 aromatic heterocycles. The molecule has 0 N–H and O–H groups in total. The maximum Gasteiger partial charge on any atom is 0.145 e. The van der Waals surface area contributed by atoms with Gasteiger partial charge in [0.1, 0.15) is 11.2 Å². The molecule has 12 rings (SSSR count). The maximum atomic E-state index is 6.80. The molecule has 55 heavy (non-hydrogen) atoms. The van der Waals surface area contributed by atoms with Gasteiger partial charge in [-0.3, -0.25) is 0 Å². The summed E-state index contributed by atoms with van der Waals surface area (Å²) in [7, 11) is 0. The van der Waals surface area contributed by atoms with E-state index in [4.69, 9.17) is 4.42 Å². The van der Waals surface area contributed by atoms with Crippen molar-refractivity contribution >= 4 is 76.3 Å². The van der Waals surface area contributed by atoms with Crippen molar-refractivity contribution in [2.75, 3.05) is 0 Å². The SMILES string of the molecule is c1ccc(-n2c3ccccc3c3cc(-c4ccc5c6ccccc6n(-c6ccc(-c7ccc8ccccc8c7)c7oc8ccccc8c67)c5c4)ccc32)cc1. The number of fused-ring (bicyclic) bond motifs is 10. The minimum Gasteiger partial charge on any atom is -0.455 e. The van der Waals surface area contributed by atoms with Crippen LogP contribution in [0.2, 0.25) is 0 Å². The average Bonchev–Trinajstić information content (AvgIpc) is 3.91. The van der Waals surface area contributed by atoms with Crippen LogP contribution >= 0.6 is 0 Å². The van der Waals surface area contributed by atoms with E-state index in [1.807, 2.05) is 0 Å². The quantitative estimate of drug-likeness (QED) is 0.179. The molecular weight excluding hydrogens is 669 g/mol.